The number of halogens is 1. The monoisotopic (exact) mass is 356 g/mol. The van der Waals surface area contributed by atoms with Crippen LogP contribution in [-0.4, -0.2) is 46.6 Å². The first-order valence-corrected chi connectivity index (χ1v) is 8.29. The molecule has 0 aliphatic heterocycles. The highest BCUT2D eigenvalue weighted by molar-refractivity contribution is 9.10. The number of hydrogen-bond acceptors (Lipinski definition) is 4. The molecule has 5 heteroatoms. The van der Waals surface area contributed by atoms with Crippen molar-refractivity contribution in [1.82, 2.24) is 5.32 Å². The van der Waals surface area contributed by atoms with Gasteiger partial charge in [-0.2, -0.15) is 0 Å². The second-order valence-corrected chi connectivity index (χ2v) is 6.22. The number of nitrogens with one attached hydrogen (secondary N) is 1. The molecular formula is C16H25BrN2O2. The van der Waals surface area contributed by atoms with Crippen LogP contribution in [0.1, 0.15) is 18.4 Å². The lowest BCUT2D eigenvalue weighted by Crippen LogP contribution is -2.29. The molecule has 0 amide bonds. The Morgan fingerprint density at radius 3 is 2.62 bits per heavy atom. The predicted octanol–water partition coefficient (Wildman–Crippen LogP) is 2.80. The van der Waals surface area contributed by atoms with Crippen LogP contribution in [0.5, 0.6) is 0 Å². The molecule has 0 radical (unpaired) electrons. The summed E-state index contributed by atoms with van der Waals surface area (Å²) >= 11 is 3.69. The van der Waals surface area contributed by atoms with Gasteiger partial charge < -0.3 is 19.7 Å². The van der Waals surface area contributed by atoms with Crippen molar-refractivity contribution in [1.29, 1.82) is 0 Å². The fourth-order valence-corrected chi connectivity index (χ4v) is 2.86. The molecule has 0 saturated heterocycles. The molecule has 0 heterocycles. The molecule has 0 spiro atoms. The van der Waals surface area contributed by atoms with Crippen molar-refractivity contribution in [2.45, 2.75) is 25.4 Å². The Kier molecular flexibility index (Phi) is 6.96. The molecule has 1 saturated carbocycles. The zero-order valence-corrected chi connectivity index (χ0v) is 14.5. The molecule has 1 N–H and O–H groups in total. The number of ether oxygens (including phenoxy) is 2. The van der Waals surface area contributed by atoms with Gasteiger partial charge in [0.1, 0.15) is 0 Å². The first-order chi connectivity index (χ1) is 10.3. The second kappa shape index (κ2) is 8.73. The van der Waals surface area contributed by atoms with E-state index in [2.05, 4.69) is 44.3 Å². The van der Waals surface area contributed by atoms with Crippen LogP contribution in [0.2, 0.25) is 0 Å². The van der Waals surface area contributed by atoms with E-state index in [0.29, 0.717) is 6.04 Å². The van der Waals surface area contributed by atoms with Gasteiger partial charge in [-0.3, -0.25) is 0 Å². The van der Waals surface area contributed by atoms with Gasteiger partial charge in [0, 0.05) is 50.1 Å². The number of hydrogen-bond donors (Lipinski definition) is 1. The van der Waals surface area contributed by atoms with Crippen molar-refractivity contribution >= 4 is 21.6 Å². The summed E-state index contributed by atoms with van der Waals surface area (Å²) in [5.41, 5.74) is 2.56. The Morgan fingerprint density at radius 1 is 1.24 bits per heavy atom. The van der Waals surface area contributed by atoms with Crippen molar-refractivity contribution in [2.24, 2.45) is 0 Å². The van der Waals surface area contributed by atoms with Crippen LogP contribution < -0.4 is 10.2 Å². The molecule has 1 aliphatic carbocycles. The zero-order chi connectivity index (χ0) is 15.1. The maximum atomic E-state index is 5.23. The standard InChI is InChI=1S/C16H25BrN2O2/c1-20-9-7-18-12-13-3-4-15(11-16(13)17)19(8-10-21-2)14-5-6-14/h3-4,11,14,18H,5-10,12H2,1-2H3. The van der Waals surface area contributed by atoms with E-state index in [0.717, 1.165) is 37.3 Å². The predicted molar refractivity (Wildman–Crippen MR) is 90.0 cm³/mol. The van der Waals surface area contributed by atoms with Crippen LogP contribution in [0, 0.1) is 0 Å². The summed E-state index contributed by atoms with van der Waals surface area (Å²) in [6, 6.07) is 7.33. The van der Waals surface area contributed by atoms with Crippen molar-refractivity contribution in [3.8, 4) is 0 Å². The van der Waals surface area contributed by atoms with Gasteiger partial charge in [-0.25, -0.2) is 0 Å². The molecule has 21 heavy (non-hydrogen) atoms. The maximum Gasteiger partial charge on any atom is 0.0637 e. The van der Waals surface area contributed by atoms with Gasteiger partial charge in [-0.1, -0.05) is 22.0 Å². The largest absolute Gasteiger partial charge is 0.383 e. The molecule has 0 unspecified atom stereocenters. The molecular weight excluding hydrogens is 332 g/mol. The molecule has 2 rings (SSSR count). The maximum absolute atomic E-state index is 5.23. The van der Waals surface area contributed by atoms with Gasteiger partial charge in [0.25, 0.3) is 0 Å². The minimum atomic E-state index is 0.692. The lowest BCUT2D eigenvalue weighted by molar-refractivity contribution is 0.199. The van der Waals surface area contributed by atoms with Gasteiger partial charge in [-0.15, -0.1) is 0 Å². The van der Waals surface area contributed by atoms with E-state index in [9.17, 15) is 0 Å². The van der Waals surface area contributed by atoms with Crippen LogP contribution in [0.3, 0.4) is 0 Å². The molecule has 1 aromatic carbocycles. The third-order valence-electron chi connectivity index (χ3n) is 3.69. The van der Waals surface area contributed by atoms with E-state index in [1.807, 2.05) is 0 Å². The lowest BCUT2D eigenvalue weighted by atomic mass is 10.2. The topological polar surface area (TPSA) is 33.7 Å². The van der Waals surface area contributed by atoms with Crippen molar-refractivity contribution in [3.05, 3.63) is 28.2 Å². The normalized spacial score (nSPS) is 14.4. The zero-order valence-electron chi connectivity index (χ0n) is 12.9. The third-order valence-corrected chi connectivity index (χ3v) is 4.43. The molecule has 0 atom stereocenters. The highest BCUT2D eigenvalue weighted by atomic mass is 79.9. The third kappa shape index (κ3) is 5.25. The average molecular weight is 357 g/mol. The number of methoxy groups -OCH3 is 2. The van der Waals surface area contributed by atoms with Crippen LogP contribution in [0.25, 0.3) is 0 Å². The SMILES string of the molecule is COCCNCc1ccc(N(CCOC)C2CC2)cc1Br. The number of rotatable bonds is 10. The van der Waals surface area contributed by atoms with Crippen molar-refractivity contribution < 1.29 is 9.47 Å². The fourth-order valence-electron chi connectivity index (χ4n) is 2.35. The van der Waals surface area contributed by atoms with Gasteiger partial charge >= 0.3 is 0 Å². The molecule has 1 aromatic rings. The first-order valence-electron chi connectivity index (χ1n) is 7.50. The van der Waals surface area contributed by atoms with Crippen LogP contribution in [-0.2, 0) is 16.0 Å². The van der Waals surface area contributed by atoms with E-state index >= 15 is 0 Å². The summed E-state index contributed by atoms with van der Waals surface area (Å²) in [6.07, 6.45) is 2.59. The lowest BCUT2D eigenvalue weighted by Gasteiger charge is -2.25. The molecule has 1 aliphatic rings. The Bertz CT molecular complexity index is 438. The number of benzene rings is 1. The summed E-state index contributed by atoms with van der Waals surface area (Å²) in [5, 5.41) is 3.37. The summed E-state index contributed by atoms with van der Waals surface area (Å²) < 4.78 is 11.4. The molecule has 4 nitrogen and oxygen atoms in total. The molecule has 0 aromatic heterocycles. The molecule has 1 fully saturated rings. The Balaban J connectivity index is 1.96. The minimum Gasteiger partial charge on any atom is -0.383 e. The highest BCUT2D eigenvalue weighted by Crippen LogP contribution is 2.33. The van der Waals surface area contributed by atoms with Gasteiger partial charge in [0.05, 0.1) is 13.2 Å². The molecule has 118 valence electrons. The smallest absolute Gasteiger partial charge is 0.0637 e. The van der Waals surface area contributed by atoms with Crippen LogP contribution >= 0.6 is 15.9 Å². The summed E-state index contributed by atoms with van der Waals surface area (Å²) in [5.74, 6) is 0. The van der Waals surface area contributed by atoms with Crippen molar-refractivity contribution in [2.75, 3.05) is 45.4 Å². The number of anilines is 1. The summed E-state index contributed by atoms with van der Waals surface area (Å²) in [6.45, 7) is 4.19. The summed E-state index contributed by atoms with van der Waals surface area (Å²) in [7, 11) is 3.48. The summed E-state index contributed by atoms with van der Waals surface area (Å²) in [4.78, 5) is 2.45. The Morgan fingerprint density at radius 2 is 2.00 bits per heavy atom. The van der Waals surface area contributed by atoms with Gasteiger partial charge in [0.15, 0.2) is 0 Å². The van der Waals surface area contributed by atoms with Crippen LogP contribution in [0.15, 0.2) is 22.7 Å². The van der Waals surface area contributed by atoms with E-state index in [1.165, 1.54) is 24.1 Å². The first kappa shape index (κ1) is 16.7. The Labute approximate surface area is 135 Å². The quantitative estimate of drug-likeness (QED) is 0.653. The Hall–Kier alpha value is -0.620. The van der Waals surface area contributed by atoms with Gasteiger partial charge in [-0.05, 0) is 30.5 Å². The van der Waals surface area contributed by atoms with E-state index in [-0.39, 0.29) is 0 Å². The average Bonchev–Trinajstić information content (AvgIpc) is 3.30. The van der Waals surface area contributed by atoms with Gasteiger partial charge in [0.2, 0.25) is 0 Å². The number of nitrogens with zero attached hydrogens (tertiary/aromatic N) is 1. The van der Waals surface area contributed by atoms with E-state index < -0.39 is 0 Å². The second-order valence-electron chi connectivity index (χ2n) is 5.36. The van der Waals surface area contributed by atoms with E-state index in [1.54, 1.807) is 14.2 Å². The van der Waals surface area contributed by atoms with Crippen molar-refractivity contribution in [3.63, 3.8) is 0 Å². The fraction of sp³-hybridized carbons (Fsp3) is 0.625. The highest BCUT2D eigenvalue weighted by Gasteiger charge is 2.29. The molecule has 0 bridgehead atoms. The van der Waals surface area contributed by atoms with Crippen LogP contribution in [0.4, 0.5) is 5.69 Å². The minimum absolute atomic E-state index is 0.692. The van der Waals surface area contributed by atoms with E-state index in [4.69, 9.17) is 9.47 Å².